The molecular weight excluding hydrogens is 648 g/mol. The summed E-state index contributed by atoms with van der Waals surface area (Å²) in [6, 6.07) is 5.84. The molecule has 1 saturated carbocycles. The number of nitrogens with one attached hydrogen (secondary N) is 2. The highest BCUT2D eigenvalue weighted by molar-refractivity contribution is 7.90. The van der Waals surface area contributed by atoms with Crippen molar-refractivity contribution >= 4 is 36.5 Å². The maximum absolute atomic E-state index is 13.8. The normalized spacial score (nSPS) is 20.3. The number of carbonyl (C=O) groups excluding carboxylic acids is 1. The first kappa shape index (κ1) is 38.0. The third kappa shape index (κ3) is 9.44. The van der Waals surface area contributed by atoms with Gasteiger partial charge in [0.1, 0.15) is 23.3 Å². The maximum atomic E-state index is 13.8. The standard InChI is InChI=1S/C33H54F3N5O4SSi/c1-21(2)25-18-40(30(42)38-25)28(22-11-12-22)23-13-14-27-24(17-23)37-29(41(27)20-44-15-16-47(8,9)10)26(39-46(43)31(3,4)5)19-45-32(6,7)33(34,35)36/h13-14,17,21-22,25-26,28,39H,11-12,15-16,18-20H2,1-10H3,(H,38,42)/t25-,26-,28+,46?/m0/s1. The van der Waals surface area contributed by atoms with Gasteiger partial charge in [-0.2, -0.15) is 13.2 Å². The van der Waals surface area contributed by atoms with Gasteiger partial charge in [0.05, 0.1) is 29.7 Å². The van der Waals surface area contributed by atoms with Crippen molar-refractivity contribution in [2.75, 3.05) is 19.8 Å². The maximum Gasteiger partial charge on any atom is 0.416 e. The molecule has 47 heavy (non-hydrogen) atoms. The number of urea groups is 1. The molecule has 2 amide bonds. The van der Waals surface area contributed by atoms with Crippen LogP contribution in [0.15, 0.2) is 18.2 Å². The molecule has 9 nitrogen and oxygen atoms in total. The average molecular weight is 702 g/mol. The molecule has 1 aliphatic heterocycles. The number of rotatable bonds is 15. The molecule has 0 radical (unpaired) electrons. The van der Waals surface area contributed by atoms with Crippen LogP contribution >= 0.6 is 0 Å². The van der Waals surface area contributed by atoms with Crippen molar-refractivity contribution in [3.8, 4) is 0 Å². The molecule has 1 saturated heterocycles. The lowest BCUT2D eigenvalue weighted by molar-refractivity contribution is -0.265. The number of aromatic nitrogens is 2. The van der Waals surface area contributed by atoms with Crippen LogP contribution in [0.2, 0.25) is 25.7 Å². The number of halogens is 3. The molecule has 2 aliphatic rings. The molecule has 1 unspecified atom stereocenters. The van der Waals surface area contributed by atoms with Gasteiger partial charge in [0.25, 0.3) is 0 Å². The van der Waals surface area contributed by atoms with E-state index in [1.54, 1.807) is 20.8 Å². The summed E-state index contributed by atoms with van der Waals surface area (Å²) in [5.74, 6) is 1.03. The van der Waals surface area contributed by atoms with Gasteiger partial charge in [0, 0.05) is 32.6 Å². The monoisotopic (exact) mass is 701 g/mol. The van der Waals surface area contributed by atoms with E-state index in [2.05, 4.69) is 43.5 Å². The number of nitrogens with zero attached hydrogens (tertiary/aromatic N) is 3. The second-order valence-electron chi connectivity index (χ2n) is 16.1. The van der Waals surface area contributed by atoms with E-state index in [0.717, 1.165) is 43.8 Å². The molecule has 4 atom stereocenters. The van der Waals surface area contributed by atoms with E-state index in [-0.39, 0.29) is 24.8 Å². The van der Waals surface area contributed by atoms with Crippen molar-refractivity contribution in [1.29, 1.82) is 0 Å². The average Bonchev–Trinajstić information content (AvgIpc) is 3.60. The van der Waals surface area contributed by atoms with Crippen molar-refractivity contribution in [2.45, 2.75) is 128 Å². The molecular formula is C33H54F3N5O4SSi. The predicted octanol–water partition coefficient (Wildman–Crippen LogP) is 7.30. The molecule has 14 heteroatoms. The third-order valence-corrected chi connectivity index (χ3v) is 12.3. The summed E-state index contributed by atoms with van der Waals surface area (Å²) < 4.78 is 70.7. The van der Waals surface area contributed by atoms with Gasteiger partial charge >= 0.3 is 12.2 Å². The summed E-state index contributed by atoms with van der Waals surface area (Å²) in [4.78, 5) is 20.0. The van der Waals surface area contributed by atoms with E-state index in [1.165, 1.54) is 0 Å². The van der Waals surface area contributed by atoms with Gasteiger partial charge in [-0.25, -0.2) is 9.78 Å². The third-order valence-electron chi connectivity index (χ3n) is 8.94. The smallest absolute Gasteiger partial charge is 0.416 e. The number of amides is 2. The molecule has 2 heterocycles. The van der Waals surface area contributed by atoms with Gasteiger partial charge in [-0.1, -0.05) is 39.6 Å². The van der Waals surface area contributed by atoms with Crippen LogP contribution in [0.3, 0.4) is 0 Å². The van der Waals surface area contributed by atoms with Gasteiger partial charge in [0.15, 0.2) is 5.60 Å². The molecule has 2 aromatic rings. The van der Waals surface area contributed by atoms with Crippen molar-refractivity contribution in [3.63, 3.8) is 0 Å². The van der Waals surface area contributed by atoms with Crippen LogP contribution < -0.4 is 10.0 Å². The van der Waals surface area contributed by atoms with Gasteiger partial charge < -0.3 is 28.8 Å². The van der Waals surface area contributed by atoms with E-state index in [0.29, 0.717) is 36.3 Å². The Balaban J connectivity index is 1.76. The summed E-state index contributed by atoms with van der Waals surface area (Å²) in [7, 11) is -1.38. The first-order chi connectivity index (χ1) is 21.6. The quantitative estimate of drug-likeness (QED) is 0.115. The van der Waals surface area contributed by atoms with Crippen LogP contribution in [0.4, 0.5) is 18.0 Å². The summed E-state index contributed by atoms with van der Waals surface area (Å²) in [6.45, 7) is 19.2. The second kappa shape index (κ2) is 14.2. The number of imidazole rings is 1. The number of hydrogen-bond acceptors (Lipinski definition) is 6. The number of carbonyl (C=O) groups is 1. The number of hydrogen-bond donors (Lipinski definition) is 2. The Kier molecular flexibility index (Phi) is 11.5. The Hall–Kier alpha value is -1.84. The number of benzene rings is 1. The molecule has 2 fully saturated rings. The zero-order valence-corrected chi connectivity index (χ0v) is 31.4. The summed E-state index contributed by atoms with van der Waals surface area (Å²) in [5.41, 5.74) is -0.107. The highest BCUT2D eigenvalue weighted by Gasteiger charge is 2.49. The molecule has 266 valence electrons. The first-order valence-electron chi connectivity index (χ1n) is 16.6. The van der Waals surface area contributed by atoms with E-state index < -0.39 is 48.6 Å². The topological polar surface area (TPSA) is 104 Å². The molecule has 4 rings (SSSR count). The number of ether oxygens (including phenoxy) is 2. The summed E-state index contributed by atoms with van der Waals surface area (Å²) in [6.07, 6.45) is -2.55. The Morgan fingerprint density at radius 3 is 2.34 bits per heavy atom. The van der Waals surface area contributed by atoms with E-state index in [9.17, 15) is 22.5 Å². The molecule has 0 spiro atoms. The van der Waals surface area contributed by atoms with Crippen LogP contribution in [0.25, 0.3) is 11.0 Å². The Labute approximate surface area is 282 Å². The highest BCUT2D eigenvalue weighted by atomic mass is 32.2. The van der Waals surface area contributed by atoms with Gasteiger partial charge in [-0.3, -0.25) is 0 Å². The first-order valence-corrected chi connectivity index (χ1v) is 21.5. The lowest BCUT2D eigenvalue weighted by Crippen LogP contribution is -2.47. The lowest BCUT2D eigenvalue weighted by Gasteiger charge is -2.32. The minimum absolute atomic E-state index is 0.0685. The fourth-order valence-electron chi connectivity index (χ4n) is 5.44. The van der Waals surface area contributed by atoms with Gasteiger partial charge in [-0.15, -0.1) is 4.72 Å². The lowest BCUT2D eigenvalue weighted by atomic mass is 9.99. The van der Waals surface area contributed by atoms with Crippen LogP contribution in [0.5, 0.6) is 0 Å². The minimum atomic E-state index is -4.61. The fourth-order valence-corrected chi connectivity index (χ4v) is 6.99. The van der Waals surface area contributed by atoms with E-state index >= 15 is 0 Å². The van der Waals surface area contributed by atoms with Crippen LogP contribution in [0.1, 0.15) is 84.8 Å². The van der Waals surface area contributed by atoms with Crippen LogP contribution in [0, 0.1) is 11.8 Å². The van der Waals surface area contributed by atoms with Gasteiger partial charge in [0.2, 0.25) is 0 Å². The largest absolute Gasteiger partial charge is 0.598 e. The van der Waals surface area contributed by atoms with Crippen molar-refractivity contribution in [1.82, 2.24) is 24.5 Å². The van der Waals surface area contributed by atoms with Crippen LogP contribution in [-0.2, 0) is 27.6 Å². The Bertz CT molecular complexity index is 1390. The molecule has 1 aliphatic carbocycles. The SMILES string of the molecule is CC(C)[C@@H]1CN([C@@H](c2ccc3c(c2)nc([C@H](COC(C)(C)C(F)(F)F)N[S+]([O-])C(C)(C)C)n3COCC[Si](C)(C)C)C2CC2)C(=O)N1. The zero-order chi connectivity index (χ0) is 35.1. The number of alkyl halides is 3. The second-order valence-corrected chi connectivity index (χ2v) is 23.7. The predicted molar refractivity (Wildman–Crippen MR) is 183 cm³/mol. The summed E-state index contributed by atoms with van der Waals surface area (Å²) in [5, 5.41) is 3.13. The van der Waals surface area contributed by atoms with Crippen LogP contribution in [-0.4, -0.2) is 75.4 Å². The number of fused-ring (bicyclic) bond motifs is 1. The Morgan fingerprint density at radius 1 is 1.15 bits per heavy atom. The minimum Gasteiger partial charge on any atom is -0.598 e. The van der Waals surface area contributed by atoms with E-state index in [4.69, 9.17) is 14.5 Å². The van der Waals surface area contributed by atoms with Crippen molar-refractivity contribution < 1.29 is 32.0 Å². The van der Waals surface area contributed by atoms with Crippen molar-refractivity contribution in [2.24, 2.45) is 11.8 Å². The molecule has 1 aromatic carbocycles. The van der Waals surface area contributed by atoms with Crippen molar-refractivity contribution in [3.05, 3.63) is 29.6 Å². The Morgan fingerprint density at radius 2 is 1.81 bits per heavy atom. The molecule has 1 aromatic heterocycles. The highest BCUT2D eigenvalue weighted by Crippen LogP contribution is 2.46. The zero-order valence-electron chi connectivity index (χ0n) is 29.6. The molecule has 0 bridgehead atoms. The van der Waals surface area contributed by atoms with Gasteiger partial charge in [-0.05, 0) is 83.0 Å². The summed E-state index contributed by atoms with van der Waals surface area (Å²) >= 11 is -1.64. The fraction of sp³-hybridized carbons (Fsp3) is 0.758. The molecule has 2 N–H and O–H groups in total. The van der Waals surface area contributed by atoms with E-state index in [1.807, 2.05) is 27.7 Å².